The number of benzene rings is 8. The van der Waals surface area contributed by atoms with Gasteiger partial charge in [-0.15, -0.1) is 11.3 Å². The van der Waals surface area contributed by atoms with Crippen molar-refractivity contribution in [2.75, 3.05) is 4.90 Å². The van der Waals surface area contributed by atoms with E-state index in [0.717, 1.165) is 5.69 Å². The summed E-state index contributed by atoms with van der Waals surface area (Å²) in [5, 5.41) is 5.24. The molecular weight excluding hydrogens is 671 g/mol. The summed E-state index contributed by atoms with van der Waals surface area (Å²) < 4.78 is 2.69. The Bertz CT molecular complexity index is 2890. The van der Waals surface area contributed by atoms with Crippen LogP contribution in [0, 0.1) is 0 Å². The van der Waals surface area contributed by atoms with Crippen LogP contribution in [0.5, 0.6) is 0 Å². The third-order valence-corrected chi connectivity index (χ3v) is 13.6. The van der Waals surface area contributed by atoms with Crippen LogP contribution in [0.4, 0.5) is 17.1 Å². The van der Waals surface area contributed by atoms with E-state index in [9.17, 15) is 0 Å². The van der Waals surface area contributed by atoms with Crippen molar-refractivity contribution >= 4 is 59.3 Å². The van der Waals surface area contributed by atoms with Gasteiger partial charge < -0.3 is 4.90 Å². The molecule has 0 fully saturated rings. The molecule has 0 N–H and O–H groups in total. The van der Waals surface area contributed by atoms with Crippen LogP contribution in [-0.4, -0.2) is 0 Å². The van der Waals surface area contributed by atoms with Crippen LogP contribution < -0.4 is 4.90 Å². The maximum absolute atomic E-state index is 2.46. The number of hydrogen-bond acceptors (Lipinski definition) is 2. The van der Waals surface area contributed by atoms with Gasteiger partial charge in [0, 0.05) is 48.1 Å². The van der Waals surface area contributed by atoms with E-state index >= 15 is 0 Å². The van der Waals surface area contributed by atoms with Crippen LogP contribution in [0.3, 0.4) is 0 Å². The predicted molar refractivity (Wildman–Crippen MR) is 232 cm³/mol. The molecule has 11 rings (SSSR count). The molecule has 9 aromatic rings. The average Bonchev–Trinajstić information content (AvgIpc) is 3.76. The Kier molecular flexibility index (Phi) is 6.59. The first-order chi connectivity index (χ1) is 26.3. The van der Waals surface area contributed by atoms with Gasteiger partial charge in [-0.1, -0.05) is 131 Å². The first-order valence-corrected chi connectivity index (χ1v) is 19.8. The van der Waals surface area contributed by atoms with Crippen LogP contribution in [0.2, 0.25) is 0 Å². The summed E-state index contributed by atoms with van der Waals surface area (Å²) in [6.45, 7) is 9.46. The molecule has 8 aromatic carbocycles. The zero-order valence-electron chi connectivity index (χ0n) is 30.9. The van der Waals surface area contributed by atoms with Gasteiger partial charge in [-0.05, 0) is 127 Å². The van der Waals surface area contributed by atoms with Crippen molar-refractivity contribution in [3.63, 3.8) is 0 Å². The largest absolute Gasteiger partial charge is 0.310 e. The maximum Gasteiger partial charge on any atom is 0.0465 e. The van der Waals surface area contributed by atoms with E-state index in [0.29, 0.717) is 0 Å². The highest BCUT2D eigenvalue weighted by molar-refractivity contribution is 7.25. The van der Waals surface area contributed by atoms with Crippen molar-refractivity contribution in [3.8, 4) is 33.4 Å². The second kappa shape index (κ2) is 11.3. The number of nitrogens with zero attached hydrogens (tertiary/aromatic N) is 1. The molecule has 0 atom stereocenters. The Hall–Kier alpha value is -5.96. The van der Waals surface area contributed by atoms with E-state index < -0.39 is 0 Å². The highest BCUT2D eigenvalue weighted by Gasteiger charge is 2.37. The van der Waals surface area contributed by atoms with Crippen molar-refractivity contribution in [2.24, 2.45) is 0 Å². The average molecular weight is 710 g/mol. The Labute approximate surface area is 320 Å². The van der Waals surface area contributed by atoms with E-state index in [1.54, 1.807) is 0 Å². The number of rotatable bonds is 4. The minimum absolute atomic E-state index is 0.0873. The fraction of sp³-hybridized carbons (Fsp3) is 0.115. The van der Waals surface area contributed by atoms with Crippen LogP contribution in [0.1, 0.15) is 49.9 Å². The van der Waals surface area contributed by atoms with Crippen molar-refractivity contribution in [1.29, 1.82) is 0 Å². The van der Waals surface area contributed by atoms with E-state index in [1.165, 1.54) is 98.0 Å². The number of anilines is 3. The van der Waals surface area contributed by atoms with Crippen LogP contribution in [0.15, 0.2) is 164 Å². The summed E-state index contributed by atoms with van der Waals surface area (Å²) in [5.74, 6) is 0. The molecule has 2 aliphatic carbocycles. The van der Waals surface area contributed by atoms with Gasteiger partial charge in [0.2, 0.25) is 0 Å². The molecule has 0 aliphatic heterocycles. The molecule has 0 spiro atoms. The molecule has 1 aromatic heterocycles. The van der Waals surface area contributed by atoms with Crippen LogP contribution >= 0.6 is 11.3 Å². The van der Waals surface area contributed by atoms with Gasteiger partial charge in [0.15, 0.2) is 0 Å². The third kappa shape index (κ3) is 4.50. The van der Waals surface area contributed by atoms with Crippen molar-refractivity contribution in [1.82, 2.24) is 0 Å². The van der Waals surface area contributed by atoms with Gasteiger partial charge >= 0.3 is 0 Å². The Morgan fingerprint density at radius 3 is 1.56 bits per heavy atom. The first-order valence-electron chi connectivity index (χ1n) is 19.0. The van der Waals surface area contributed by atoms with Gasteiger partial charge in [-0.25, -0.2) is 0 Å². The Morgan fingerprint density at radius 2 is 0.907 bits per heavy atom. The lowest BCUT2D eigenvalue weighted by molar-refractivity contribution is 0.660. The second-order valence-corrected chi connectivity index (χ2v) is 17.3. The van der Waals surface area contributed by atoms with Crippen molar-refractivity contribution < 1.29 is 0 Å². The normalized spacial score (nSPS) is 14.6. The minimum atomic E-state index is -0.0873. The van der Waals surface area contributed by atoms with E-state index in [1.807, 2.05) is 11.3 Å². The van der Waals surface area contributed by atoms with E-state index in [2.05, 4.69) is 196 Å². The molecule has 0 saturated carbocycles. The summed E-state index contributed by atoms with van der Waals surface area (Å²) in [7, 11) is 0. The van der Waals surface area contributed by atoms with Crippen molar-refractivity contribution in [2.45, 2.75) is 38.5 Å². The minimum Gasteiger partial charge on any atom is -0.310 e. The molecule has 0 amide bonds. The fourth-order valence-electron chi connectivity index (χ4n) is 9.56. The zero-order chi connectivity index (χ0) is 36.3. The van der Waals surface area contributed by atoms with Gasteiger partial charge in [-0.3, -0.25) is 0 Å². The standard InChI is InChI=1S/C52H39NS/c1-51(2)45-14-8-5-11-39(45)41-25-23-37(30-47(41)51)53(38-24-26-42-40-12-6-9-15-46(40)52(3,4)48(42)31-38)36-21-19-32(20-22-36)33-17-18-34-29-50-44(28-35(34)27-33)43-13-7-10-16-49(43)54-50/h5-31H,1-4H3. The SMILES string of the molecule is CC1(C)c2ccccc2-c2ccc(N(c3ccc(-c4ccc5cc6sc7ccccc7c6cc5c4)cc3)c3ccc4c(c3)C(C)(C)c3ccccc3-4)cc21. The molecular formula is C52H39NS. The summed E-state index contributed by atoms with van der Waals surface area (Å²) in [6.07, 6.45) is 0. The summed E-state index contributed by atoms with van der Waals surface area (Å²) >= 11 is 1.88. The molecule has 1 heterocycles. The molecule has 0 radical (unpaired) electrons. The van der Waals surface area contributed by atoms with E-state index in [-0.39, 0.29) is 10.8 Å². The Morgan fingerprint density at radius 1 is 0.370 bits per heavy atom. The molecule has 0 saturated heterocycles. The molecule has 1 nitrogen and oxygen atoms in total. The van der Waals surface area contributed by atoms with E-state index in [4.69, 9.17) is 0 Å². The summed E-state index contributed by atoms with van der Waals surface area (Å²) in [4.78, 5) is 2.46. The number of fused-ring (bicyclic) bond motifs is 10. The number of thiophene rings is 1. The zero-order valence-corrected chi connectivity index (χ0v) is 31.8. The number of hydrogen-bond donors (Lipinski definition) is 0. The molecule has 2 heteroatoms. The third-order valence-electron chi connectivity index (χ3n) is 12.4. The summed E-state index contributed by atoms with van der Waals surface area (Å²) in [6, 6.07) is 61.6. The molecule has 0 unspecified atom stereocenters. The molecule has 2 aliphatic rings. The highest BCUT2D eigenvalue weighted by atomic mass is 32.1. The lowest BCUT2D eigenvalue weighted by Crippen LogP contribution is -2.18. The molecule has 0 bridgehead atoms. The second-order valence-electron chi connectivity index (χ2n) is 16.2. The van der Waals surface area contributed by atoms with Gasteiger partial charge in [0.05, 0.1) is 0 Å². The lowest BCUT2D eigenvalue weighted by Gasteiger charge is -2.30. The quantitative estimate of drug-likeness (QED) is 0.176. The summed E-state index contributed by atoms with van der Waals surface area (Å²) in [5.41, 5.74) is 16.7. The topological polar surface area (TPSA) is 3.24 Å². The molecule has 54 heavy (non-hydrogen) atoms. The monoisotopic (exact) mass is 709 g/mol. The lowest BCUT2D eigenvalue weighted by atomic mass is 9.82. The van der Waals surface area contributed by atoms with Crippen LogP contribution in [-0.2, 0) is 10.8 Å². The van der Waals surface area contributed by atoms with Gasteiger partial charge in [0.1, 0.15) is 0 Å². The fourth-order valence-corrected chi connectivity index (χ4v) is 10.7. The highest BCUT2D eigenvalue weighted by Crippen LogP contribution is 2.53. The van der Waals surface area contributed by atoms with Crippen molar-refractivity contribution in [3.05, 3.63) is 186 Å². The van der Waals surface area contributed by atoms with Gasteiger partial charge in [0.25, 0.3) is 0 Å². The Balaban J connectivity index is 1.04. The first kappa shape index (κ1) is 31.6. The predicted octanol–water partition coefficient (Wildman–Crippen LogP) is 15.0. The van der Waals surface area contributed by atoms with Crippen LogP contribution in [0.25, 0.3) is 64.3 Å². The smallest absolute Gasteiger partial charge is 0.0465 e. The maximum atomic E-state index is 2.46. The van der Waals surface area contributed by atoms with Gasteiger partial charge in [-0.2, -0.15) is 0 Å². The molecule has 258 valence electrons.